The van der Waals surface area contributed by atoms with E-state index in [1.54, 1.807) is 6.20 Å². The van der Waals surface area contributed by atoms with Crippen LogP contribution < -0.4 is 5.32 Å². The van der Waals surface area contributed by atoms with Gasteiger partial charge in [0.15, 0.2) is 0 Å². The number of fused-ring (bicyclic) bond motifs is 1. The van der Waals surface area contributed by atoms with Crippen LogP contribution in [0.25, 0.3) is 10.8 Å². The molecule has 0 spiro atoms. The number of aliphatic hydroxyl groups excluding tert-OH is 1. The molecule has 1 unspecified atom stereocenters. The van der Waals surface area contributed by atoms with Gasteiger partial charge in [-0.2, -0.15) is 0 Å². The zero-order valence-corrected chi connectivity index (χ0v) is 10.7. The van der Waals surface area contributed by atoms with Crippen LogP contribution in [-0.2, 0) is 4.74 Å². The van der Waals surface area contributed by atoms with Gasteiger partial charge in [0, 0.05) is 18.7 Å². The van der Waals surface area contributed by atoms with Crippen LogP contribution in [0.3, 0.4) is 0 Å². The van der Waals surface area contributed by atoms with Gasteiger partial charge in [0.25, 0.3) is 5.91 Å². The Morgan fingerprint density at radius 2 is 2.21 bits per heavy atom. The highest BCUT2D eigenvalue weighted by Crippen LogP contribution is 2.16. The number of ether oxygens (including phenoxy) is 1. The second-order valence-corrected chi connectivity index (χ2v) is 4.19. The molecule has 1 heterocycles. The first-order valence-electron chi connectivity index (χ1n) is 6.00. The number of nitrogens with zero attached hydrogens (tertiary/aromatic N) is 1. The molecule has 1 aromatic carbocycles. The smallest absolute Gasteiger partial charge is 0.270 e. The van der Waals surface area contributed by atoms with Crippen LogP contribution in [0, 0.1) is 0 Å². The average molecular weight is 260 g/mol. The monoisotopic (exact) mass is 260 g/mol. The van der Waals surface area contributed by atoms with Gasteiger partial charge in [-0.1, -0.05) is 24.3 Å². The van der Waals surface area contributed by atoms with E-state index >= 15 is 0 Å². The lowest BCUT2D eigenvalue weighted by Gasteiger charge is -2.15. The highest BCUT2D eigenvalue weighted by molar-refractivity contribution is 6.05. The normalized spacial score (nSPS) is 12.3. The van der Waals surface area contributed by atoms with Crippen molar-refractivity contribution >= 4 is 16.7 Å². The van der Waals surface area contributed by atoms with Gasteiger partial charge < -0.3 is 15.2 Å². The number of carbonyl (C=O) groups excluding carboxylic acids is 1. The van der Waals surface area contributed by atoms with Gasteiger partial charge in [-0.15, -0.1) is 0 Å². The van der Waals surface area contributed by atoms with Crippen molar-refractivity contribution in [3.05, 3.63) is 42.2 Å². The number of rotatable bonds is 5. The Morgan fingerprint density at radius 1 is 1.42 bits per heavy atom. The average Bonchev–Trinajstić information content (AvgIpc) is 2.46. The molecule has 5 heteroatoms. The van der Waals surface area contributed by atoms with Crippen LogP contribution in [0.15, 0.2) is 36.5 Å². The fraction of sp³-hybridized carbons (Fsp3) is 0.286. The molecule has 0 saturated carbocycles. The lowest BCUT2D eigenvalue weighted by molar-refractivity contribution is 0.0837. The van der Waals surface area contributed by atoms with Gasteiger partial charge in [-0.05, 0) is 11.5 Å². The summed E-state index contributed by atoms with van der Waals surface area (Å²) in [5, 5.41) is 13.6. The number of hydrogen-bond acceptors (Lipinski definition) is 4. The van der Waals surface area contributed by atoms with E-state index in [1.807, 2.05) is 30.3 Å². The summed E-state index contributed by atoms with van der Waals surface area (Å²) in [6.07, 6.45) is 1.60. The maximum Gasteiger partial charge on any atom is 0.270 e. The standard InChI is InChI=1S/C14H16N2O3/c1-19-9-11(8-17)16-14(18)13-12-5-3-2-4-10(12)6-7-15-13/h2-7,11,17H,8-9H2,1H3,(H,16,18). The molecule has 1 aromatic heterocycles. The van der Waals surface area contributed by atoms with E-state index in [2.05, 4.69) is 10.3 Å². The van der Waals surface area contributed by atoms with Gasteiger partial charge in [0.05, 0.1) is 19.3 Å². The second kappa shape index (κ2) is 6.26. The topological polar surface area (TPSA) is 71.5 Å². The number of methoxy groups -OCH3 is 1. The molecule has 0 aliphatic carbocycles. The number of aliphatic hydroxyl groups is 1. The van der Waals surface area contributed by atoms with Crippen LogP contribution in [0.4, 0.5) is 0 Å². The van der Waals surface area contributed by atoms with Crippen LogP contribution >= 0.6 is 0 Å². The van der Waals surface area contributed by atoms with Gasteiger partial charge >= 0.3 is 0 Å². The van der Waals surface area contributed by atoms with Crippen molar-refractivity contribution in [3.63, 3.8) is 0 Å². The summed E-state index contributed by atoms with van der Waals surface area (Å²) in [4.78, 5) is 16.3. The molecular formula is C14H16N2O3. The predicted molar refractivity (Wildman–Crippen MR) is 72.0 cm³/mol. The van der Waals surface area contributed by atoms with Crippen LogP contribution in [0.1, 0.15) is 10.5 Å². The molecule has 0 bridgehead atoms. The van der Waals surface area contributed by atoms with E-state index in [0.29, 0.717) is 5.69 Å². The van der Waals surface area contributed by atoms with Crippen LogP contribution in [-0.4, -0.2) is 42.4 Å². The number of benzene rings is 1. The summed E-state index contributed by atoms with van der Waals surface area (Å²) in [6.45, 7) is 0.0807. The lowest BCUT2D eigenvalue weighted by Crippen LogP contribution is -2.41. The van der Waals surface area contributed by atoms with E-state index in [4.69, 9.17) is 9.84 Å². The summed E-state index contributed by atoms with van der Waals surface area (Å²) >= 11 is 0. The van der Waals surface area contributed by atoms with E-state index < -0.39 is 6.04 Å². The maximum atomic E-state index is 12.2. The van der Waals surface area contributed by atoms with E-state index in [0.717, 1.165) is 10.8 Å². The molecule has 2 N–H and O–H groups in total. The number of hydrogen-bond donors (Lipinski definition) is 2. The molecule has 0 fully saturated rings. The first-order valence-corrected chi connectivity index (χ1v) is 6.00. The summed E-state index contributed by atoms with van der Waals surface area (Å²) in [6, 6.07) is 8.96. The van der Waals surface area contributed by atoms with Gasteiger partial charge in [0.1, 0.15) is 5.69 Å². The number of pyridine rings is 1. The van der Waals surface area contributed by atoms with Crippen molar-refractivity contribution in [1.29, 1.82) is 0 Å². The fourth-order valence-electron chi connectivity index (χ4n) is 1.90. The second-order valence-electron chi connectivity index (χ2n) is 4.19. The minimum absolute atomic E-state index is 0.176. The number of aromatic nitrogens is 1. The van der Waals surface area contributed by atoms with E-state index in [9.17, 15) is 4.79 Å². The Labute approximate surface area is 111 Å². The Kier molecular flexibility index (Phi) is 4.43. The van der Waals surface area contributed by atoms with E-state index in [-0.39, 0.29) is 19.1 Å². The van der Waals surface area contributed by atoms with Crippen molar-refractivity contribution < 1.29 is 14.6 Å². The van der Waals surface area contributed by atoms with E-state index in [1.165, 1.54) is 7.11 Å². The third kappa shape index (κ3) is 3.07. The van der Waals surface area contributed by atoms with Gasteiger partial charge in [-0.25, -0.2) is 0 Å². The Balaban J connectivity index is 2.26. The Bertz CT molecular complexity index is 566. The van der Waals surface area contributed by atoms with Gasteiger partial charge in [-0.3, -0.25) is 9.78 Å². The third-order valence-electron chi connectivity index (χ3n) is 2.81. The molecule has 0 aliphatic rings. The molecule has 0 aliphatic heterocycles. The Morgan fingerprint density at radius 3 is 2.95 bits per heavy atom. The molecule has 19 heavy (non-hydrogen) atoms. The SMILES string of the molecule is COCC(CO)NC(=O)c1nccc2ccccc12. The largest absolute Gasteiger partial charge is 0.394 e. The molecule has 0 saturated heterocycles. The van der Waals surface area contributed by atoms with Crippen molar-refractivity contribution in [2.24, 2.45) is 0 Å². The quantitative estimate of drug-likeness (QED) is 0.840. The van der Waals surface area contributed by atoms with Crippen LogP contribution in [0.5, 0.6) is 0 Å². The first-order chi connectivity index (χ1) is 9.26. The lowest BCUT2D eigenvalue weighted by atomic mass is 10.1. The minimum Gasteiger partial charge on any atom is -0.394 e. The fourth-order valence-corrected chi connectivity index (χ4v) is 1.90. The molecule has 1 atom stereocenters. The molecule has 1 amide bonds. The zero-order chi connectivity index (χ0) is 13.7. The first kappa shape index (κ1) is 13.5. The summed E-state index contributed by atoms with van der Waals surface area (Å²) in [5.74, 6) is -0.312. The highest BCUT2D eigenvalue weighted by atomic mass is 16.5. The zero-order valence-electron chi connectivity index (χ0n) is 10.7. The molecule has 5 nitrogen and oxygen atoms in total. The van der Waals surface area contributed by atoms with Crippen molar-refractivity contribution in [3.8, 4) is 0 Å². The van der Waals surface area contributed by atoms with Crippen LogP contribution in [0.2, 0.25) is 0 Å². The molecule has 100 valence electrons. The molecule has 0 radical (unpaired) electrons. The molecule has 2 aromatic rings. The molecular weight excluding hydrogens is 244 g/mol. The molecule has 2 rings (SSSR count). The highest BCUT2D eigenvalue weighted by Gasteiger charge is 2.15. The number of carbonyl (C=O) groups is 1. The minimum atomic E-state index is -0.432. The van der Waals surface area contributed by atoms with Gasteiger partial charge in [0.2, 0.25) is 0 Å². The summed E-state index contributed by atoms with van der Waals surface area (Å²) in [7, 11) is 1.52. The maximum absolute atomic E-state index is 12.2. The predicted octanol–water partition coefficient (Wildman–Crippen LogP) is 0.972. The van der Waals surface area contributed by atoms with Crippen molar-refractivity contribution in [2.75, 3.05) is 20.3 Å². The van der Waals surface area contributed by atoms with Crippen molar-refractivity contribution in [1.82, 2.24) is 10.3 Å². The third-order valence-corrected chi connectivity index (χ3v) is 2.81. The number of nitrogens with one attached hydrogen (secondary N) is 1. The number of amides is 1. The van der Waals surface area contributed by atoms with Crippen molar-refractivity contribution in [2.45, 2.75) is 6.04 Å². The Hall–Kier alpha value is -1.98. The summed E-state index contributed by atoms with van der Waals surface area (Å²) in [5.41, 5.74) is 0.354. The summed E-state index contributed by atoms with van der Waals surface area (Å²) < 4.78 is 4.92.